The number of nitrogens with two attached hydrogens (primary N) is 1. The third-order valence-electron chi connectivity index (χ3n) is 3.45. The predicted molar refractivity (Wildman–Crippen MR) is 65.0 cm³/mol. The minimum atomic E-state index is 0.533. The summed E-state index contributed by atoms with van der Waals surface area (Å²) in [6.07, 6.45) is 7.69. The van der Waals surface area contributed by atoms with Crippen molar-refractivity contribution in [1.29, 1.82) is 0 Å². The molecule has 0 aliphatic carbocycles. The predicted octanol–water partition coefficient (Wildman–Crippen LogP) is 1.22. The summed E-state index contributed by atoms with van der Waals surface area (Å²) < 4.78 is 2.24. The summed E-state index contributed by atoms with van der Waals surface area (Å²) in [5, 5.41) is 0. The molecule has 1 unspecified atom stereocenters. The molecule has 0 aromatic carbocycles. The van der Waals surface area contributed by atoms with Crippen molar-refractivity contribution in [2.24, 2.45) is 5.73 Å². The van der Waals surface area contributed by atoms with Crippen LogP contribution in [-0.4, -0.2) is 33.6 Å². The quantitative estimate of drug-likeness (QED) is 0.814. The molecular formula is C12H22N4. The van der Waals surface area contributed by atoms with Crippen LogP contribution in [0.1, 0.15) is 32.0 Å². The molecule has 1 aliphatic heterocycles. The lowest BCUT2D eigenvalue weighted by atomic mass is 10.1. The topological polar surface area (TPSA) is 47.1 Å². The molecule has 4 nitrogen and oxygen atoms in total. The van der Waals surface area contributed by atoms with Gasteiger partial charge in [0.15, 0.2) is 0 Å². The van der Waals surface area contributed by atoms with Crippen molar-refractivity contribution in [3.8, 4) is 0 Å². The molecule has 1 aromatic rings. The molecule has 0 saturated carbocycles. The van der Waals surface area contributed by atoms with Crippen LogP contribution in [0, 0.1) is 0 Å². The normalized spacial score (nSPS) is 18.4. The largest absolute Gasteiger partial charge is 0.333 e. The minimum Gasteiger partial charge on any atom is -0.333 e. The van der Waals surface area contributed by atoms with Crippen LogP contribution >= 0.6 is 0 Å². The van der Waals surface area contributed by atoms with Gasteiger partial charge in [-0.05, 0) is 6.42 Å². The average Bonchev–Trinajstić information content (AvgIpc) is 2.77. The molecule has 0 spiro atoms. The fourth-order valence-electron chi connectivity index (χ4n) is 2.39. The Hall–Kier alpha value is -0.870. The molecule has 4 heteroatoms. The van der Waals surface area contributed by atoms with E-state index in [0.29, 0.717) is 6.04 Å². The molecule has 16 heavy (non-hydrogen) atoms. The van der Waals surface area contributed by atoms with Crippen molar-refractivity contribution in [3.05, 3.63) is 18.2 Å². The van der Waals surface area contributed by atoms with Gasteiger partial charge < -0.3 is 10.3 Å². The summed E-state index contributed by atoms with van der Waals surface area (Å²) in [4.78, 5) is 6.87. The van der Waals surface area contributed by atoms with Gasteiger partial charge in [0.1, 0.15) is 5.82 Å². The first kappa shape index (κ1) is 11.6. The Kier molecular flexibility index (Phi) is 3.96. The van der Waals surface area contributed by atoms with Crippen molar-refractivity contribution >= 4 is 0 Å². The van der Waals surface area contributed by atoms with Gasteiger partial charge in [-0.15, -0.1) is 0 Å². The highest BCUT2D eigenvalue weighted by Crippen LogP contribution is 2.16. The summed E-state index contributed by atoms with van der Waals surface area (Å²) in [5.74, 6) is 1.18. The highest BCUT2D eigenvalue weighted by atomic mass is 15.3. The van der Waals surface area contributed by atoms with Crippen LogP contribution in [0.3, 0.4) is 0 Å². The van der Waals surface area contributed by atoms with Gasteiger partial charge in [0.25, 0.3) is 0 Å². The summed E-state index contributed by atoms with van der Waals surface area (Å²) in [5.41, 5.74) is 5.87. The van der Waals surface area contributed by atoms with Crippen molar-refractivity contribution in [2.75, 3.05) is 13.1 Å². The molecule has 1 aromatic heterocycles. The van der Waals surface area contributed by atoms with Crippen LogP contribution < -0.4 is 5.73 Å². The van der Waals surface area contributed by atoms with E-state index in [9.17, 15) is 0 Å². The average molecular weight is 222 g/mol. The van der Waals surface area contributed by atoms with E-state index in [2.05, 4.69) is 27.6 Å². The van der Waals surface area contributed by atoms with E-state index >= 15 is 0 Å². The molecule has 0 fully saturated rings. The highest BCUT2D eigenvalue weighted by Gasteiger charge is 2.22. The Morgan fingerprint density at radius 3 is 3.12 bits per heavy atom. The van der Waals surface area contributed by atoms with Crippen LogP contribution in [0.15, 0.2) is 12.4 Å². The number of unbranched alkanes of at least 4 members (excludes halogenated alkanes) is 1. The molecule has 2 rings (SSSR count). The number of aromatic nitrogens is 2. The van der Waals surface area contributed by atoms with E-state index < -0.39 is 0 Å². The number of hydrogen-bond donors (Lipinski definition) is 1. The van der Waals surface area contributed by atoms with Crippen LogP contribution in [0.4, 0.5) is 0 Å². The molecule has 0 amide bonds. The van der Waals surface area contributed by atoms with Crippen LogP contribution in [0.25, 0.3) is 0 Å². The smallest absolute Gasteiger partial charge is 0.122 e. The summed E-state index contributed by atoms with van der Waals surface area (Å²) in [7, 11) is 0. The summed E-state index contributed by atoms with van der Waals surface area (Å²) in [6.45, 7) is 6.11. The SMILES string of the molecule is CCCCC(CN)N1CCn2ccnc2C1. The second kappa shape index (κ2) is 5.46. The van der Waals surface area contributed by atoms with E-state index in [0.717, 1.165) is 26.2 Å². The zero-order valence-electron chi connectivity index (χ0n) is 10.1. The number of nitrogens with zero attached hydrogens (tertiary/aromatic N) is 3. The van der Waals surface area contributed by atoms with Crippen LogP contribution in [0.2, 0.25) is 0 Å². The van der Waals surface area contributed by atoms with Crippen molar-refractivity contribution in [3.63, 3.8) is 0 Å². The van der Waals surface area contributed by atoms with Crippen molar-refractivity contribution in [1.82, 2.24) is 14.5 Å². The molecule has 2 N–H and O–H groups in total. The van der Waals surface area contributed by atoms with E-state index in [1.807, 2.05) is 6.20 Å². The Morgan fingerprint density at radius 2 is 2.38 bits per heavy atom. The second-order valence-electron chi connectivity index (χ2n) is 4.54. The maximum absolute atomic E-state index is 5.87. The monoisotopic (exact) mass is 222 g/mol. The Balaban J connectivity index is 1.95. The molecule has 0 bridgehead atoms. The number of fused-ring (bicyclic) bond motifs is 1. The third kappa shape index (κ3) is 2.44. The zero-order chi connectivity index (χ0) is 11.4. The maximum atomic E-state index is 5.87. The third-order valence-corrected chi connectivity index (χ3v) is 3.45. The first-order valence-corrected chi connectivity index (χ1v) is 6.29. The van der Waals surface area contributed by atoms with Gasteiger partial charge in [-0.1, -0.05) is 19.8 Å². The maximum Gasteiger partial charge on any atom is 0.122 e. The molecule has 1 aliphatic rings. The van der Waals surface area contributed by atoms with E-state index in [1.165, 1.54) is 25.1 Å². The Labute approximate surface area is 97.4 Å². The Morgan fingerprint density at radius 1 is 1.50 bits per heavy atom. The minimum absolute atomic E-state index is 0.533. The van der Waals surface area contributed by atoms with E-state index in [1.54, 1.807) is 0 Å². The highest BCUT2D eigenvalue weighted by molar-refractivity contribution is 4.96. The first-order chi connectivity index (χ1) is 7.85. The van der Waals surface area contributed by atoms with Gasteiger partial charge in [0, 0.05) is 38.1 Å². The second-order valence-corrected chi connectivity index (χ2v) is 4.54. The van der Waals surface area contributed by atoms with Crippen molar-refractivity contribution in [2.45, 2.75) is 45.3 Å². The Bertz CT molecular complexity index is 321. The van der Waals surface area contributed by atoms with Gasteiger partial charge in [-0.25, -0.2) is 4.98 Å². The van der Waals surface area contributed by atoms with Gasteiger partial charge in [-0.3, -0.25) is 4.90 Å². The number of hydrogen-bond acceptors (Lipinski definition) is 3. The number of rotatable bonds is 5. The zero-order valence-corrected chi connectivity index (χ0v) is 10.1. The first-order valence-electron chi connectivity index (χ1n) is 6.29. The molecule has 0 saturated heterocycles. The lowest BCUT2D eigenvalue weighted by Crippen LogP contribution is -2.44. The van der Waals surface area contributed by atoms with Gasteiger partial charge in [0.05, 0.1) is 6.54 Å². The van der Waals surface area contributed by atoms with Gasteiger partial charge in [-0.2, -0.15) is 0 Å². The fraction of sp³-hybridized carbons (Fsp3) is 0.750. The van der Waals surface area contributed by atoms with Gasteiger partial charge in [0.2, 0.25) is 0 Å². The molecule has 1 atom stereocenters. The summed E-state index contributed by atoms with van der Waals surface area (Å²) in [6, 6.07) is 0.533. The molecular weight excluding hydrogens is 200 g/mol. The van der Waals surface area contributed by atoms with Gasteiger partial charge >= 0.3 is 0 Å². The molecule has 0 radical (unpaired) electrons. The van der Waals surface area contributed by atoms with Crippen LogP contribution in [0.5, 0.6) is 0 Å². The standard InChI is InChI=1S/C12H22N4/c1-2-3-4-11(9-13)16-8-7-15-6-5-14-12(15)10-16/h5-6,11H,2-4,7-10,13H2,1H3. The van der Waals surface area contributed by atoms with Crippen molar-refractivity contribution < 1.29 is 0 Å². The van der Waals surface area contributed by atoms with E-state index in [4.69, 9.17) is 5.73 Å². The molecule has 90 valence electrons. The van der Waals surface area contributed by atoms with Crippen LogP contribution in [-0.2, 0) is 13.1 Å². The fourth-order valence-corrected chi connectivity index (χ4v) is 2.39. The lowest BCUT2D eigenvalue weighted by Gasteiger charge is -2.34. The summed E-state index contributed by atoms with van der Waals surface area (Å²) >= 11 is 0. The van der Waals surface area contributed by atoms with E-state index in [-0.39, 0.29) is 0 Å². The molecule has 2 heterocycles. The number of imidazole rings is 1. The lowest BCUT2D eigenvalue weighted by molar-refractivity contribution is 0.146.